The average Bonchev–Trinajstić information content (AvgIpc) is 3.44. The molecule has 1 aromatic heterocycles. The number of rotatable bonds is 7. The van der Waals surface area contributed by atoms with E-state index in [1.165, 1.54) is 18.3 Å². The third-order valence-electron chi connectivity index (χ3n) is 7.03. The van der Waals surface area contributed by atoms with Gasteiger partial charge in [0.15, 0.2) is 17.3 Å². The number of primary amides is 1. The van der Waals surface area contributed by atoms with E-state index in [1.54, 1.807) is 4.90 Å². The summed E-state index contributed by atoms with van der Waals surface area (Å²) in [4.78, 5) is 47.9. The van der Waals surface area contributed by atoms with Crippen molar-refractivity contribution < 1.29 is 27.9 Å². The number of nitrogens with zero attached hydrogens (tertiary/aromatic N) is 3. The number of anilines is 1. The number of amides is 3. The molecule has 1 spiro atoms. The van der Waals surface area contributed by atoms with Crippen LogP contribution < -0.4 is 10.6 Å². The summed E-state index contributed by atoms with van der Waals surface area (Å²) in [6.45, 7) is 0.917. The van der Waals surface area contributed by atoms with Gasteiger partial charge in [-0.05, 0) is 38.2 Å². The molecular weight excluding hydrogens is 484 g/mol. The number of methoxy groups -OCH3 is 1. The van der Waals surface area contributed by atoms with Crippen LogP contribution in [0.2, 0.25) is 5.02 Å². The van der Waals surface area contributed by atoms with E-state index in [4.69, 9.17) is 22.1 Å². The molecular formula is C23H26ClF2N5O4. The smallest absolute Gasteiger partial charge is 0.273 e. The fraction of sp³-hybridized carbons (Fsp3) is 0.478. The molecule has 1 saturated carbocycles. The number of hydrogen-bond donors (Lipinski definition) is 2. The molecule has 0 atom stereocenters. The summed E-state index contributed by atoms with van der Waals surface area (Å²) in [5.74, 6) is -3.54. The van der Waals surface area contributed by atoms with Crippen molar-refractivity contribution >= 4 is 35.0 Å². The van der Waals surface area contributed by atoms with E-state index in [-0.39, 0.29) is 47.2 Å². The first kappa shape index (κ1) is 25.1. The van der Waals surface area contributed by atoms with Gasteiger partial charge in [0.25, 0.3) is 11.8 Å². The molecule has 1 aliphatic heterocycles. The number of nitrogens with one attached hydrogen (secondary N) is 1. The Kier molecular flexibility index (Phi) is 7.09. The summed E-state index contributed by atoms with van der Waals surface area (Å²) in [6, 6.07) is 1.63. The van der Waals surface area contributed by atoms with Crippen molar-refractivity contribution in [3.63, 3.8) is 0 Å². The van der Waals surface area contributed by atoms with Crippen LogP contribution in [0.1, 0.15) is 53.1 Å². The average molecular weight is 510 g/mol. The Hall–Kier alpha value is -3.05. The highest BCUT2D eigenvalue weighted by Crippen LogP contribution is 2.48. The van der Waals surface area contributed by atoms with Crippen LogP contribution in [0.4, 0.5) is 14.5 Å². The molecule has 1 aliphatic carbocycles. The Morgan fingerprint density at radius 1 is 1.29 bits per heavy atom. The Labute approximate surface area is 205 Å². The van der Waals surface area contributed by atoms with Gasteiger partial charge in [0, 0.05) is 32.3 Å². The lowest BCUT2D eigenvalue weighted by Crippen LogP contribution is -2.47. The topological polar surface area (TPSA) is 122 Å². The van der Waals surface area contributed by atoms with Crippen LogP contribution in [0, 0.1) is 17.0 Å². The number of hydrogen-bond acceptors (Lipinski definition) is 5. The standard InChI is InChI=1S/C23H26ClF2N5O4/c1-35-9-8-30(21(33)19-18(20(27)32)28-12-29-19)13-2-4-23(5-3-13)6-7-31(22(23)34)17-11-16(26)15(25)10-14(17)24/h10-13H,2-9H2,1H3,(H2,27,32)(H,28,29). The number of carbonyl (C=O) groups excluding carboxylic acids is 3. The summed E-state index contributed by atoms with van der Waals surface area (Å²) in [6.07, 6.45) is 3.90. The number of carbonyl (C=O) groups is 3. The Bertz CT molecular complexity index is 1150. The second-order valence-corrected chi connectivity index (χ2v) is 9.32. The third kappa shape index (κ3) is 4.62. The highest BCUT2D eigenvalue weighted by Gasteiger charge is 2.50. The molecule has 3 N–H and O–H groups in total. The molecule has 2 heterocycles. The van der Waals surface area contributed by atoms with Crippen molar-refractivity contribution in [1.29, 1.82) is 0 Å². The Morgan fingerprint density at radius 3 is 2.63 bits per heavy atom. The summed E-state index contributed by atoms with van der Waals surface area (Å²) in [5, 5.41) is -0.0239. The van der Waals surface area contributed by atoms with Gasteiger partial charge in [-0.15, -0.1) is 0 Å². The first-order valence-corrected chi connectivity index (χ1v) is 11.7. The van der Waals surface area contributed by atoms with E-state index >= 15 is 0 Å². The maximum absolute atomic E-state index is 13.8. The first-order valence-electron chi connectivity index (χ1n) is 11.3. The van der Waals surface area contributed by atoms with Crippen LogP contribution in [0.15, 0.2) is 18.5 Å². The number of aromatic nitrogens is 2. The number of imidazole rings is 1. The van der Waals surface area contributed by atoms with Crippen molar-refractivity contribution in [1.82, 2.24) is 14.9 Å². The van der Waals surface area contributed by atoms with Crippen molar-refractivity contribution in [2.45, 2.75) is 38.1 Å². The van der Waals surface area contributed by atoms with E-state index in [0.717, 1.165) is 12.1 Å². The van der Waals surface area contributed by atoms with Crippen LogP contribution in [0.5, 0.6) is 0 Å². The van der Waals surface area contributed by atoms with Gasteiger partial charge in [-0.3, -0.25) is 14.4 Å². The lowest BCUT2D eigenvalue weighted by atomic mass is 9.71. The molecule has 0 unspecified atom stereocenters. The summed E-state index contributed by atoms with van der Waals surface area (Å²) in [7, 11) is 1.53. The van der Waals surface area contributed by atoms with Gasteiger partial charge < -0.3 is 25.3 Å². The molecule has 188 valence electrons. The van der Waals surface area contributed by atoms with Gasteiger partial charge in [0.1, 0.15) is 5.69 Å². The highest BCUT2D eigenvalue weighted by atomic mass is 35.5. The molecule has 2 aliphatic rings. The molecule has 3 amide bonds. The summed E-state index contributed by atoms with van der Waals surface area (Å²) in [5.41, 5.74) is 4.73. The lowest BCUT2D eigenvalue weighted by molar-refractivity contribution is -0.127. The quantitative estimate of drug-likeness (QED) is 0.556. The molecule has 0 bridgehead atoms. The van der Waals surface area contributed by atoms with Gasteiger partial charge in [-0.2, -0.15) is 0 Å². The monoisotopic (exact) mass is 509 g/mol. The zero-order valence-corrected chi connectivity index (χ0v) is 19.9. The Balaban J connectivity index is 1.50. The van der Waals surface area contributed by atoms with Crippen LogP contribution >= 0.6 is 11.6 Å². The van der Waals surface area contributed by atoms with Crippen molar-refractivity contribution in [3.05, 3.63) is 46.5 Å². The SMILES string of the molecule is COCCN(C(=O)c1[nH]cnc1C(N)=O)C1CCC2(CC1)CCN(c1cc(F)c(F)cc1Cl)C2=O. The van der Waals surface area contributed by atoms with E-state index in [9.17, 15) is 23.2 Å². The molecule has 2 aromatic rings. The largest absolute Gasteiger partial charge is 0.383 e. The molecule has 0 radical (unpaired) electrons. The normalized spacial score (nSPS) is 22.1. The number of aromatic amines is 1. The predicted molar refractivity (Wildman–Crippen MR) is 123 cm³/mol. The molecule has 9 nitrogen and oxygen atoms in total. The van der Waals surface area contributed by atoms with E-state index in [0.29, 0.717) is 38.6 Å². The second kappa shape index (κ2) is 9.90. The molecule has 1 aromatic carbocycles. The van der Waals surface area contributed by atoms with E-state index in [2.05, 4.69) is 9.97 Å². The second-order valence-electron chi connectivity index (χ2n) is 8.92. The number of ether oxygens (including phenoxy) is 1. The molecule has 35 heavy (non-hydrogen) atoms. The predicted octanol–water partition coefficient (Wildman–Crippen LogP) is 2.89. The number of H-pyrrole nitrogens is 1. The number of benzene rings is 1. The van der Waals surface area contributed by atoms with Gasteiger partial charge in [0.05, 0.1) is 29.1 Å². The minimum absolute atomic E-state index is 0.0185. The summed E-state index contributed by atoms with van der Waals surface area (Å²) < 4.78 is 32.5. The van der Waals surface area contributed by atoms with Gasteiger partial charge in [0.2, 0.25) is 5.91 Å². The van der Waals surface area contributed by atoms with Crippen LogP contribution in [0.25, 0.3) is 0 Å². The fourth-order valence-corrected chi connectivity index (χ4v) is 5.38. The van der Waals surface area contributed by atoms with Crippen molar-refractivity contribution in [2.24, 2.45) is 11.1 Å². The molecule has 1 saturated heterocycles. The maximum atomic E-state index is 13.8. The van der Waals surface area contributed by atoms with Crippen molar-refractivity contribution in [2.75, 3.05) is 31.7 Å². The minimum Gasteiger partial charge on any atom is -0.383 e. The van der Waals surface area contributed by atoms with Crippen LogP contribution in [0.3, 0.4) is 0 Å². The van der Waals surface area contributed by atoms with Gasteiger partial charge in [-0.1, -0.05) is 11.6 Å². The van der Waals surface area contributed by atoms with E-state index < -0.39 is 28.9 Å². The van der Waals surface area contributed by atoms with Crippen LogP contribution in [-0.2, 0) is 9.53 Å². The summed E-state index contributed by atoms with van der Waals surface area (Å²) >= 11 is 6.11. The molecule has 2 fully saturated rings. The zero-order chi connectivity index (χ0) is 25.3. The Morgan fingerprint density at radius 2 is 1.97 bits per heavy atom. The highest BCUT2D eigenvalue weighted by molar-refractivity contribution is 6.34. The molecule has 4 rings (SSSR count). The lowest BCUT2D eigenvalue weighted by Gasteiger charge is -2.40. The van der Waals surface area contributed by atoms with Crippen molar-refractivity contribution in [3.8, 4) is 0 Å². The third-order valence-corrected chi connectivity index (χ3v) is 7.33. The maximum Gasteiger partial charge on any atom is 0.273 e. The zero-order valence-electron chi connectivity index (χ0n) is 19.2. The number of halogens is 3. The van der Waals surface area contributed by atoms with Gasteiger partial charge in [-0.25, -0.2) is 13.8 Å². The molecule has 12 heteroatoms. The fourth-order valence-electron chi connectivity index (χ4n) is 5.13. The minimum atomic E-state index is -1.07. The van der Waals surface area contributed by atoms with Crippen LogP contribution in [-0.4, -0.2) is 65.4 Å². The van der Waals surface area contributed by atoms with E-state index in [1.807, 2.05) is 0 Å². The number of nitrogens with two attached hydrogens (primary N) is 1. The first-order chi connectivity index (χ1) is 16.7. The van der Waals surface area contributed by atoms with Gasteiger partial charge >= 0.3 is 0 Å².